The summed E-state index contributed by atoms with van der Waals surface area (Å²) in [6.45, 7) is 4.18. The maximum atomic E-state index is 9.46. The molecule has 14 heavy (non-hydrogen) atoms. The van der Waals surface area contributed by atoms with Crippen LogP contribution in [-0.4, -0.2) is 22.4 Å². The third-order valence-corrected chi connectivity index (χ3v) is 2.57. The maximum absolute atomic E-state index is 9.46. The van der Waals surface area contributed by atoms with Gasteiger partial charge in [0, 0.05) is 0 Å². The van der Waals surface area contributed by atoms with Crippen LogP contribution in [0.1, 0.15) is 65.2 Å². The van der Waals surface area contributed by atoms with E-state index in [0.717, 1.165) is 51.4 Å². The minimum absolute atomic E-state index is 0.122. The first-order valence-corrected chi connectivity index (χ1v) is 6.06. The standard InChI is InChI=1S/C12H26O2/c1-3-7-11(13)9-5-6-10-12(14)8-4-2/h11-14H,3-10H2,1-2H3. The molecule has 0 saturated carbocycles. The lowest BCUT2D eigenvalue weighted by Crippen LogP contribution is -2.08. The molecule has 0 spiro atoms. The lowest BCUT2D eigenvalue weighted by molar-refractivity contribution is 0.134. The Morgan fingerprint density at radius 2 is 1.07 bits per heavy atom. The van der Waals surface area contributed by atoms with Crippen molar-refractivity contribution in [1.29, 1.82) is 0 Å². The molecule has 2 nitrogen and oxygen atoms in total. The molecule has 0 bridgehead atoms. The first-order valence-electron chi connectivity index (χ1n) is 6.06. The largest absolute Gasteiger partial charge is 0.393 e. The van der Waals surface area contributed by atoms with Gasteiger partial charge in [0.1, 0.15) is 0 Å². The van der Waals surface area contributed by atoms with E-state index in [1.54, 1.807) is 0 Å². The molecule has 0 rings (SSSR count). The fraction of sp³-hybridized carbons (Fsp3) is 1.00. The highest BCUT2D eigenvalue weighted by Crippen LogP contribution is 2.11. The molecule has 0 saturated heterocycles. The zero-order chi connectivity index (χ0) is 10.8. The van der Waals surface area contributed by atoms with Crippen molar-refractivity contribution in [3.05, 3.63) is 0 Å². The van der Waals surface area contributed by atoms with Gasteiger partial charge in [-0.3, -0.25) is 0 Å². The van der Waals surface area contributed by atoms with Gasteiger partial charge in [0.25, 0.3) is 0 Å². The topological polar surface area (TPSA) is 40.5 Å². The van der Waals surface area contributed by atoms with Gasteiger partial charge in [-0.25, -0.2) is 0 Å². The molecule has 86 valence electrons. The Balaban J connectivity index is 3.19. The van der Waals surface area contributed by atoms with Crippen molar-refractivity contribution in [2.24, 2.45) is 0 Å². The summed E-state index contributed by atoms with van der Waals surface area (Å²) >= 11 is 0. The Bertz CT molecular complexity index is 101. The second kappa shape index (κ2) is 9.47. The first kappa shape index (κ1) is 13.9. The van der Waals surface area contributed by atoms with Crippen LogP contribution in [0.2, 0.25) is 0 Å². The Labute approximate surface area is 88.3 Å². The van der Waals surface area contributed by atoms with E-state index in [1.807, 2.05) is 0 Å². The Morgan fingerprint density at radius 3 is 1.36 bits per heavy atom. The zero-order valence-electron chi connectivity index (χ0n) is 9.71. The summed E-state index contributed by atoms with van der Waals surface area (Å²) in [4.78, 5) is 0. The SMILES string of the molecule is CCCC(O)CCCCC(O)CCC. The monoisotopic (exact) mass is 202 g/mol. The van der Waals surface area contributed by atoms with Gasteiger partial charge in [0.2, 0.25) is 0 Å². The summed E-state index contributed by atoms with van der Waals surface area (Å²) in [5.74, 6) is 0. The van der Waals surface area contributed by atoms with Gasteiger partial charge in [-0.15, -0.1) is 0 Å². The number of aliphatic hydroxyl groups excluding tert-OH is 2. The lowest BCUT2D eigenvalue weighted by atomic mass is 10.0. The van der Waals surface area contributed by atoms with E-state index in [-0.39, 0.29) is 12.2 Å². The summed E-state index contributed by atoms with van der Waals surface area (Å²) in [5.41, 5.74) is 0. The third kappa shape index (κ3) is 8.52. The summed E-state index contributed by atoms with van der Waals surface area (Å²) in [6.07, 6.45) is 7.57. The van der Waals surface area contributed by atoms with Gasteiger partial charge >= 0.3 is 0 Å². The fourth-order valence-electron chi connectivity index (χ4n) is 1.72. The summed E-state index contributed by atoms with van der Waals surface area (Å²) in [7, 11) is 0. The highest BCUT2D eigenvalue weighted by atomic mass is 16.3. The Morgan fingerprint density at radius 1 is 0.714 bits per heavy atom. The average molecular weight is 202 g/mol. The molecule has 2 N–H and O–H groups in total. The predicted molar refractivity (Wildman–Crippen MR) is 60.3 cm³/mol. The van der Waals surface area contributed by atoms with Crippen LogP contribution < -0.4 is 0 Å². The highest BCUT2D eigenvalue weighted by molar-refractivity contribution is 4.58. The first-order chi connectivity index (χ1) is 6.70. The van der Waals surface area contributed by atoms with Crippen LogP contribution in [0.5, 0.6) is 0 Å². The molecule has 0 amide bonds. The number of aliphatic hydroxyl groups is 2. The number of rotatable bonds is 9. The molecule has 2 unspecified atom stereocenters. The molecule has 2 heteroatoms. The van der Waals surface area contributed by atoms with Gasteiger partial charge in [0.15, 0.2) is 0 Å². The molecule has 0 heterocycles. The average Bonchev–Trinajstić information content (AvgIpc) is 2.13. The third-order valence-electron chi connectivity index (χ3n) is 2.57. The van der Waals surface area contributed by atoms with Crippen LogP contribution in [0.15, 0.2) is 0 Å². The van der Waals surface area contributed by atoms with E-state index >= 15 is 0 Å². The van der Waals surface area contributed by atoms with Crippen molar-refractivity contribution in [1.82, 2.24) is 0 Å². The molecule has 0 aromatic heterocycles. The minimum atomic E-state index is -0.122. The quantitative estimate of drug-likeness (QED) is 0.564. The Hall–Kier alpha value is -0.0800. The normalized spacial score (nSPS) is 15.4. The molecular formula is C12H26O2. The van der Waals surface area contributed by atoms with E-state index < -0.39 is 0 Å². The van der Waals surface area contributed by atoms with Crippen LogP contribution in [0.3, 0.4) is 0 Å². The maximum Gasteiger partial charge on any atom is 0.0540 e. The van der Waals surface area contributed by atoms with E-state index in [9.17, 15) is 10.2 Å². The summed E-state index contributed by atoms with van der Waals surface area (Å²) < 4.78 is 0. The molecule has 0 aliphatic carbocycles. The highest BCUT2D eigenvalue weighted by Gasteiger charge is 2.04. The van der Waals surface area contributed by atoms with Crippen molar-refractivity contribution in [3.63, 3.8) is 0 Å². The van der Waals surface area contributed by atoms with E-state index in [2.05, 4.69) is 13.8 Å². The van der Waals surface area contributed by atoms with Crippen molar-refractivity contribution >= 4 is 0 Å². The van der Waals surface area contributed by atoms with Crippen LogP contribution in [0, 0.1) is 0 Å². The Kier molecular flexibility index (Phi) is 9.42. The molecular weight excluding hydrogens is 176 g/mol. The van der Waals surface area contributed by atoms with Gasteiger partial charge in [-0.2, -0.15) is 0 Å². The zero-order valence-corrected chi connectivity index (χ0v) is 9.71. The molecule has 0 aliphatic heterocycles. The number of unbranched alkanes of at least 4 members (excludes halogenated alkanes) is 1. The van der Waals surface area contributed by atoms with Crippen molar-refractivity contribution in [2.45, 2.75) is 77.4 Å². The second-order valence-electron chi connectivity index (χ2n) is 4.17. The van der Waals surface area contributed by atoms with Crippen LogP contribution in [-0.2, 0) is 0 Å². The molecule has 0 fully saturated rings. The van der Waals surface area contributed by atoms with Crippen molar-refractivity contribution < 1.29 is 10.2 Å². The summed E-state index contributed by atoms with van der Waals surface area (Å²) in [6, 6.07) is 0. The van der Waals surface area contributed by atoms with Crippen molar-refractivity contribution in [3.8, 4) is 0 Å². The van der Waals surface area contributed by atoms with Crippen LogP contribution >= 0.6 is 0 Å². The van der Waals surface area contributed by atoms with Crippen LogP contribution in [0.4, 0.5) is 0 Å². The molecule has 0 radical (unpaired) electrons. The fourth-order valence-corrected chi connectivity index (χ4v) is 1.72. The molecule has 2 atom stereocenters. The lowest BCUT2D eigenvalue weighted by Gasteiger charge is -2.11. The smallest absolute Gasteiger partial charge is 0.0540 e. The van der Waals surface area contributed by atoms with Gasteiger partial charge < -0.3 is 10.2 Å². The van der Waals surface area contributed by atoms with Crippen molar-refractivity contribution in [2.75, 3.05) is 0 Å². The van der Waals surface area contributed by atoms with E-state index in [4.69, 9.17) is 0 Å². The van der Waals surface area contributed by atoms with E-state index in [0.29, 0.717) is 0 Å². The van der Waals surface area contributed by atoms with Crippen LogP contribution in [0.25, 0.3) is 0 Å². The molecule has 0 aliphatic rings. The minimum Gasteiger partial charge on any atom is -0.393 e. The predicted octanol–water partition coefficient (Wildman–Crippen LogP) is 2.87. The van der Waals surface area contributed by atoms with Gasteiger partial charge in [-0.05, 0) is 25.7 Å². The summed E-state index contributed by atoms with van der Waals surface area (Å²) in [5, 5.41) is 18.9. The molecule has 0 aromatic carbocycles. The van der Waals surface area contributed by atoms with E-state index in [1.165, 1.54) is 0 Å². The molecule has 0 aromatic rings. The van der Waals surface area contributed by atoms with Gasteiger partial charge in [-0.1, -0.05) is 39.5 Å². The number of hydrogen-bond acceptors (Lipinski definition) is 2. The number of hydrogen-bond donors (Lipinski definition) is 2. The van der Waals surface area contributed by atoms with Gasteiger partial charge in [0.05, 0.1) is 12.2 Å². The second-order valence-corrected chi connectivity index (χ2v) is 4.17.